The lowest BCUT2D eigenvalue weighted by Gasteiger charge is -2.30. The number of hydrazine groups is 1. The number of cyclic esters (lactones) is 1. The van der Waals surface area contributed by atoms with Gasteiger partial charge in [0, 0.05) is 12.0 Å². The standard InChI is InChI=1S/C26H32F3N5O7/c1-25(2,3)17(14-19-31-32-22(41-19)15-8-10-16(11-9-15)26(27,28)29)6-4-5-7-18(40-23(30)37)20(35)21(36)33-34-12-13-39-24(34)38/h8-11,17-18H,4-7,12-14H2,1-3H3,(H2,30,37)(H,33,36)/t17-,18+/m1/s1. The van der Waals surface area contributed by atoms with Gasteiger partial charge in [-0.1, -0.05) is 27.2 Å². The van der Waals surface area contributed by atoms with Crippen molar-refractivity contribution in [3.8, 4) is 11.5 Å². The number of alkyl halides is 3. The largest absolute Gasteiger partial charge is 0.446 e. The Morgan fingerprint density at radius 1 is 1.10 bits per heavy atom. The zero-order valence-corrected chi connectivity index (χ0v) is 22.8. The van der Waals surface area contributed by atoms with Crippen LogP contribution in [-0.4, -0.2) is 58.3 Å². The lowest BCUT2D eigenvalue weighted by molar-refractivity contribution is -0.145. The first-order valence-corrected chi connectivity index (χ1v) is 12.9. The summed E-state index contributed by atoms with van der Waals surface area (Å²) < 4.78 is 53.8. The average Bonchev–Trinajstić information content (AvgIpc) is 3.52. The minimum atomic E-state index is -4.45. The van der Waals surface area contributed by atoms with Gasteiger partial charge in [-0.05, 0) is 54.9 Å². The van der Waals surface area contributed by atoms with Crippen LogP contribution in [0.5, 0.6) is 0 Å². The number of aromatic nitrogens is 2. The fraction of sp³-hybridized carbons (Fsp3) is 0.538. The van der Waals surface area contributed by atoms with E-state index in [0.29, 0.717) is 37.1 Å². The van der Waals surface area contributed by atoms with Gasteiger partial charge in [0.2, 0.25) is 11.8 Å². The van der Waals surface area contributed by atoms with Crippen LogP contribution in [0.4, 0.5) is 22.8 Å². The molecule has 0 spiro atoms. The van der Waals surface area contributed by atoms with Crippen LogP contribution in [0.15, 0.2) is 28.7 Å². The lowest BCUT2D eigenvalue weighted by Crippen LogP contribution is -2.49. The highest BCUT2D eigenvalue weighted by molar-refractivity contribution is 6.38. The molecule has 2 aromatic rings. The molecule has 0 unspecified atom stereocenters. The van der Waals surface area contributed by atoms with Crippen molar-refractivity contribution in [2.24, 2.45) is 17.1 Å². The van der Waals surface area contributed by atoms with Gasteiger partial charge in [-0.25, -0.2) is 14.6 Å². The molecule has 41 heavy (non-hydrogen) atoms. The Morgan fingerprint density at radius 2 is 1.76 bits per heavy atom. The van der Waals surface area contributed by atoms with Gasteiger partial charge in [0.05, 0.1) is 12.1 Å². The van der Waals surface area contributed by atoms with Crippen molar-refractivity contribution >= 4 is 23.9 Å². The number of rotatable bonds is 12. The molecular weight excluding hydrogens is 551 g/mol. The van der Waals surface area contributed by atoms with Crippen LogP contribution in [0.25, 0.3) is 11.5 Å². The molecule has 0 saturated carbocycles. The summed E-state index contributed by atoms with van der Waals surface area (Å²) in [6.07, 6.45) is -5.87. The van der Waals surface area contributed by atoms with E-state index in [4.69, 9.17) is 14.9 Å². The zero-order valence-electron chi connectivity index (χ0n) is 22.8. The third-order valence-corrected chi connectivity index (χ3v) is 6.61. The van der Waals surface area contributed by atoms with Crippen LogP contribution in [-0.2, 0) is 31.7 Å². The number of Topliss-reactive ketones (excluding diaryl/α,β-unsaturated/α-hetero) is 1. The molecule has 1 aliphatic rings. The van der Waals surface area contributed by atoms with E-state index in [1.165, 1.54) is 12.1 Å². The first-order valence-electron chi connectivity index (χ1n) is 12.9. The predicted molar refractivity (Wildman–Crippen MR) is 136 cm³/mol. The Labute approximate surface area is 233 Å². The molecule has 3 amide bonds. The fourth-order valence-corrected chi connectivity index (χ4v) is 4.23. The molecule has 1 fully saturated rings. The summed E-state index contributed by atoms with van der Waals surface area (Å²) in [7, 11) is 0. The monoisotopic (exact) mass is 583 g/mol. The van der Waals surface area contributed by atoms with Gasteiger partial charge < -0.3 is 19.6 Å². The third kappa shape index (κ3) is 8.91. The van der Waals surface area contributed by atoms with Gasteiger partial charge in [0.25, 0.3) is 5.78 Å². The number of hydrogen-bond acceptors (Lipinski definition) is 9. The molecule has 0 aliphatic carbocycles. The maximum Gasteiger partial charge on any atom is 0.428 e. The van der Waals surface area contributed by atoms with E-state index in [0.717, 1.165) is 17.1 Å². The van der Waals surface area contributed by atoms with Crippen LogP contribution in [0.3, 0.4) is 0 Å². The molecule has 0 bridgehead atoms. The van der Waals surface area contributed by atoms with Gasteiger partial charge >= 0.3 is 24.3 Å². The van der Waals surface area contributed by atoms with E-state index < -0.39 is 41.7 Å². The molecule has 2 heterocycles. The topological polar surface area (TPSA) is 167 Å². The maximum atomic E-state index is 12.8. The number of amides is 3. The third-order valence-electron chi connectivity index (χ3n) is 6.61. The Morgan fingerprint density at radius 3 is 2.32 bits per heavy atom. The van der Waals surface area contributed by atoms with E-state index in [9.17, 15) is 32.3 Å². The normalized spacial score (nSPS) is 15.3. The highest BCUT2D eigenvalue weighted by Crippen LogP contribution is 2.34. The number of nitrogens with two attached hydrogens (primary N) is 1. The molecule has 1 aliphatic heterocycles. The SMILES string of the molecule is CC(C)(C)[C@H](CCCC[C@H](OC(N)=O)C(=O)C(=O)NN1CCOC1=O)Cc1nnc(-c2ccc(C(F)(F)F)cc2)o1. The Bertz CT molecular complexity index is 1240. The van der Waals surface area contributed by atoms with E-state index in [1.54, 1.807) is 0 Å². The lowest BCUT2D eigenvalue weighted by atomic mass is 9.76. The smallest absolute Gasteiger partial charge is 0.428 e. The number of benzene rings is 1. The fourth-order valence-electron chi connectivity index (χ4n) is 4.23. The van der Waals surface area contributed by atoms with Crippen LogP contribution >= 0.6 is 0 Å². The van der Waals surface area contributed by atoms with Gasteiger partial charge in [-0.15, -0.1) is 10.2 Å². The second kappa shape index (κ2) is 13.0. The predicted octanol–water partition coefficient (Wildman–Crippen LogP) is 4.04. The van der Waals surface area contributed by atoms with Crippen molar-refractivity contribution in [3.63, 3.8) is 0 Å². The van der Waals surface area contributed by atoms with E-state index >= 15 is 0 Å². The van der Waals surface area contributed by atoms with Gasteiger partial charge in [0.15, 0.2) is 6.10 Å². The van der Waals surface area contributed by atoms with Crippen LogP contribution in [0, 0.1) is 11.3 Å². The zero-order chi connectivity index (χ0) is 30.4. The maximum absolute atomic E-state index is 12.8. The Hall–Kier alpha value is -4.17. The number of primary amides is 1. The molecular formula is C26H32F3N5O7. The molecule has 1 aromatic heterocycles. The Kier molecular flexibility index (Phi) is 9.94. The first-order chi connectivity index (χ1) is 19.1. The number of carbonyl (C=O) groups is 4. The van der Waals surface area contributed by atoms with Gasteiger partial charge in [-0.3, -0.25) is 15.0 Å². The minimum Gasteiger partial charge on any atom is -0.446 e. The number of carbonyl (C=O) groups excluding carboxylic acids is 4. The number of nitrogens with zero attached hydrogens (tertiary/aromatic N) is 3. The number of ether oxygens (including phenoxy) is 2. The van der Waals surface area contributed by atoms with Crippen LogP contribution in [0.1, 0.15) is 57.9 Å². The van der Waals surface area contributed by atoms with Gasteiger partial charge in [0.1, 0.15) is 6.61 Å². The number of unbranched alkanes of at least 4 members (excludes halogenated alkanes) is 1. The van der Waals surface area contributed by atoms with E-state index in [1.807, 2.05) is 20.8 Å². The Balaban J connectivity index is 1.57. The molecule has 1 aromatic carbocycles. The van der Waals surface area contributed by atoms with Crippen molar-refractivity contribution in [1.29, 1.82) is 0 Å². The van der Waals surface area contributed by atoms with Crippen molar-refractivity contribution < 1.29 is 46.2 Å². The molecule has 224 valence electrons. The van der Waals surface area contributed by atoms with Crippen molar-refractivity contribution in [3.05, 3.63) is 35.7 Å². The average molecular weight is 584 g/mol. The van der Waals surface area contributed by atoms with Crippen molar-refractivity contribution in [1.82, 2.24) is 20.6 Å². The molecule has 1 saturated heterocycles. The number of halogens is 3. The molecule has 2 atom stereocenters. The summed E-state index contributed by atoms with van der Waals surface area (Å²) >= 11 is 0. The summed E-state index contributed by atoms with van der Waals surface area (Å²) in [6.45, 7) is 6.21. The quantitative estimate of drug-likeness (QED) is 0.277. The highest BCUT2D eigenvalue weighted by Gasteiger charge is 2.33. The number of nitrogens with one attached hydrogen (secondary N) is 1. The summed E-state index contributed by atoms with van der Waals surface area (Å²) in [4.78, 5) is 47.7. The minimum absolute atomic E-state index is 0.0229. The van der Waals surface area contributed by atoms with Crippen molar-refractivity contribution in [2.75, 3.05) is 13.2 Å². The second-order valence-corrected chi connectivity index (χ2v) is 10.6. The number of ketones is 1. The van der Waals surface area contributed by atoms with Crippen LogP contribution < -0.4 is 11.2 Å². The molecule has 15 heteroatoms. The highest BCUT2D eigenvalue weighted by atomic mass is 19.4. The first kappa shape index (κ1) is 31.4. The molecule has 3 N–H and O–H groups in total. The molecule has 3 rings (SSSR count). The molecule has 0 radical (unpaired) electrons. The summed E-state index contributed by atoms with van der Waals surface area (Å²) in [5, 5.41) is 8.88. The second-order valence-electron chi connectivity index (χ2n) is 10.6. The summed E-state index contributed by atoms with van der Waals surface area (Å²) in [6, 6.07) is 4.43. The summed E-state index contributed by atoms with van der Waals surface area (Å²) in [5.74, 6) is -1.74. The van der Waals surface area contributed by atoms with Gasteiger partial charge in [-0.2, -0.15) is 13.2 Å². The van der Waals surface area contributed by atoms with Crippen molar-refractivity contribution in [2.45, 2.75) is 65.2 Å². The van der Waals surface area contributed by atoms with Crippen LogP contribution in [0.2, 0.25) is 0 Å². The van der Waals surface area contributed by atoms with E-state index in [-0.39, 0.29) is 36.8 Å². The number of hydrogen-bond donors (Lipinski definition) is 2. The van der Waals surface area contributed by atoms with E-state index in [2.05, 4.69) is 20.4 Å². The molecule has 12 nitrogen and oxygen atoms in total. The summed E-state index contributed by atoms with van der Waals surface area (Å²) in [5.41, 5.74) is 6.58.